The number of likely N-dealkylation sites (tertiary alicyclic amines) is 1. The third kappa shape index (κ3) is 3.41. The predicted molar refractivity (Wildman–Crippen MR) is 93.0 cm³/mol. The number of aliphatic hydroxyl groups is 1. The summed E-state index contributed by atoms with van der Waals surface area (Å²) in [5.74, 6) is 0.247. The number of ketones is 1. The highest BCUT2D eigenvalue weighted by Gasteiger charge is 2.41. The lowest BCUT2D eigenvalue weighted by molar-refractivity contribution is -0.141. The van der Waals surface area contributed by atoms with Crippen LogP contribution in [0, 0.1) is 5.92 Å². The van der Waals surface area contributed by atoms with Gasteiger partial charge in [0, 0.05) is 19.4 Å². The van der Waals surface area contributed by atoms with Crippen LogP contribution in [0.15, 0.2) is 29.0 Å². The van der Waals surface area contributed by atoms with Gasteiger partial charge >= 0.3 is 0 Å². The van der Waals surface area contributed by atoms with Crippen LogP contribution in [0.25, 0.3) is 11.5 Å². The Morgan fingerprint density at radius 1 is 1.42 bits per heavy atom. The summed E-state index contributed by atoms with van der Waals surface area (Å²) in [5.41, 5.74) is 0.538. The number of Topliss-reactive ketones (excluding diaryl/α,β-unsaturated/α-hetero) is 1. The summed E-state index contributed by atoms with van der Waals surface area (Å²) < 4.78 is 6.84. The minimum absolute atomic E-state index is 0.0349. The van der Waals surface area contributed by atoms with Crippen LogP contribution in [0.2, 0.25) is 0 Å². The SMILES string of the molecule is CCC(=O)C1CC(O)CN1C(=O)C(C(C)C)n1cc(-c2ccco2)nn1. The van der Waals surface area contributed by atoms with Gasteiger partial charge in [0.05, 0.1) is 24.6 Å². The van der Waals surface area contributed by atoms with Gasteiger partial charge < -0.3 is 14.4 Å². The van der Waals surface area contributed by atoms with E-state index in [1.54, 1.807) is 31.5 Å². The van der Waals surface area contributed by atoms with E-state index in [0.29, 0.717) is 17.9 Å². The molecule has 2 aromatic rings. The van der Waals surface area contributed by atoms with Crippen molar-refractivity contribution in [1.82, 2.24) is 19.9 Å². The zero-order chi connectivity index (χ0) is 18.8. The number of β-amino-alcohol motifs (C(OH)–C–C–N with tert-alkyl or cyclic N) is 1. The van der Waals surface area contributed by atoms with Gasteiger partial charge in [-0.15, -0.1) is 5.10 Å². The van der Waals surface area contributed by atoms with E-state index in [4.69, 9.17) is 4.42 Å². The van der Waals surface area contributed by atoms with Crippen molar-refractivity contribution in [2.75, 3.05) is 6.54 Å². The lowest BCUT2D eigenvalue weighted by Crippen LogP contribution is -2.45. The maximum absolute atomic E-state index is 13.2. The first kappa shape index (κ1) is 18.3. The molecule has 0 saturated carbocycles. The Labute approximate surface area is 151 Å². The number of furan rings is 1. The molecule has 1 aliphatic rings. The van der Waals surface area contributed by atoms with Crippen molar-refractivity contribution >= 4 is 11.7 Å². The molecule has 0 radical (unpaired) electrons. The number of aliphatic hydroxyl groups excluding tert-OH is 1. The average Bonchev–Trinajstić information content (AvgIpc) is 3.33. The summed E-state index contributed by atoms with van der Waals surface area (Å²) in [6, 6.07) is 2.35. The normalized spacial score (nSPS) is 21.3. The summed E-state index contributed by atoms with van der Waals surface area (Å²) in [6.45, 7) is 5.76. The first-order valence-electron chi connectivity index (χ1n) is 8.89. The number of amides is 1. The van der Waals surface area contributed by atoms with E-state index in [-0.39, 0.29) is 30.6 Å². The molecule has 0 bridgehead atoms. The lowest BCUT2D eigenvalue weighted by Gasteiger charge is -2.29. The Morgan fingerprint density at radius 2 is 2.19 bits per heavy atom. The standard InChI is InChI=1S/C18H24N4O4/c1-4-15(24)14-8-12(23)9-21(14)18(25)17(11(2)3)22-10-13(19-20-22)16-6-5-7-26-16/h5-7,10-12,14,17,23H,4,8-9H2,1-3H3. The fourth-order valence-corrected chi connectivity index (χ4v) is 3.42. The molecule has 3 rings (SSSR count). The van der Waals surface area contributed by atoms with Crippen molar-refractivity contribution in [3.63, 3.8) is 0 Å². The first-order chi connectivity index (χ1) is 12.4. The number of aromatic nitrogens is 3. The molecule has 26 heavy (non-hydrogen) atoms. The van der Waals surface area contributed by atoms with E-state index < -0.39 is 18.2 Å². The Kier molecular flexibility index (Phi) is 5.22. The molecule has 1 aliphatic heterocycles. The molecule has 1 amide bonds. The molecule has 8 heteroatoms. The fraction of sp³-hybridized carbons (Fsp3) is 0.556. The lowest BCUT2D eigenvalue weighted by atomic mass is 10.0. The first-order valence-corrected chi connectivity index (χ1v) is 8.89. The predicted octanol–water partition coefficient (Wildman–Crippen LogP) is 1.68. The Morgan fingerprint density at radius 3 is 2.81 bits per heavy atom. The fourth-order valence-electron chi connectivity index (χ4n) is 3.42. The van der Waals surface area contributed by atoms with Gasteiger partial charge in [0.2, 0.25) is 5.91 Å². The van der Waals surface area contributed by atoms with Crippen molar-refractivity contribution in [3.8, 4) is 11.5 Å². The van der Waals surface area contributed by atoms with E-state index in [9.17, 15) is 14.7 Å². The molecule has 140 valence electrons. The summed E-state index contributed by atoms with van der Waals surface area (Å²) in [5, 5.41) is 18.2. The molecule has 1 saturated heterocycles. The molecular weight excluding hydrogens is 336 g/mol. The number of carbonyl (C=O) groups is 2. The summed E-state index contributed by atoms with van der Waals surface area (Å²) in [6.07, 6.45) is 3.16. The number of rotatable bonds is 6. The Balaban J connectivity index is 1.88. The second kappa shape index (κ2) is 7.41. The van der Waals surface area contributed by atoms with Crippen LogP contribution in [0.1, 0.15) is 39.7 Å². The number of hydrogen-bond donors (Lipinski definition) is 1. The second-order valence-corrected chi connectivity index (χ2v) is 6.97. The molecule has 3 atom stereocenters. The molecule has 3 heterocycles. The van der Waals surface area contributed by atoms with E-state index in [2.05, 4.69) is 10.3 Å². The van der Waals surface area contributed by atoms with Crippen molar-refractivity contribution in [2.45, 2.75) is 51.8 Å². The van der Waals surface area contributed by atoms with Crippen molar-refractivity contribution in [2.24, 2.45) is 5.92 Å². The molecule has 3 unspecified atom stereocenters. The molecular formula is C18H24N4O4. The molecule has 8 nitrogen and oxygen atoms in total. The number of hydrogen-bond acceptors (Lipinski definition) is 6. The molecule has 0 aliphatic carbocycles. The van der Waals surface area contributed by atoms with E-state index in [1.165, 1.54) is 9.58 Å². The van der Waals surface area contributed by atoms with Crippen LogP contribution in [-0.2, 0) is 9.59 Å². The van der Waals surface area contributed by atoms with Gasteiger partial charge in [-0.25, -0.2) is 4.68 Å². The van der Waals surface area contributed by atoms with Gasteiger partial charge in [-0.05, 0) is 18.1 Å². The topological polar surface area (TPSA) is 101 Å². The maximum atomic E-state index is 13.2. The Bertz CT molecular complexity index is 768. The highest BCUT2D eigenvalue weighted by atomic mass is 16.3. The molecule has 0 aromatic carbocycles. The van der Waals surface area contributed by atoms with Crippen molar-refractivity contribution in [3.05, 3.63) is 24.6 Å². The third-order valence-corrected chi connectivity index (χ3v) is 4.74. The van der Waals surface area contributed by atoms with Crippen molar-refractivity contribution < 1.29 is 19.1 Å². The van der Waals surface area contributed by atoms with Gasteiger partial charge in [0.15, 0.2) is 11.5 Å². The van der Waals surface area contributed by atoms with Gasteiger partial charge in [-0.1, -0.05) is 26.0 Å². The number of nitrogens with zero attached hydrogens (tertiary/aromatic N) is 4. The van der Waals surface area contributed by atoms with Crippen LogP contribution in [0.5, 0.6) is 0 Å². The van der Waals surface area contributed by atoms with Crippen LogP contribution < -0.4 is 0 Å². The van der Waals surface area contributed by atoms with E-state index in [0.717, 1.165) is 0 Å². The zero-order valence-electron chi connectivity index (χ0n) is 15.2. The largest absolute Gasteiger partial charge is 0.463 e. The van der Waals surface area contributed by atoms with Gasteiger partial charge in [0.1, 0.15) is 11.7 Å². The zero-order valence-corrected chi connectivity index (χ0v) is 15.2. The third-order valence-electron chi connectivity index (χ3n) is 4.74. The summed E-state index contributed by atoms with van der Waals surface area (Å²) >= 11 is 0. The molecule has 2 aromatic heterocycles. The summed E-state index contributed by atoms with van der Waals surface area (Å²) in [4.78, 5) is 26.9. The quantitative estimate of drug-likeness (QED) is 0.841. The Hall–Kier alpha value is -2.48. The summed E-state index contributed by atoms with van der Waals surface area (Å²) in [7, 11) is 0. The highest BCUT2D eigenvalue weighted by Crippen LogP contribution is 2.28. The van der Waals surface area contributed by atoms with E-state index >= 15 is 0 Å². The molecule has 1 fully saturated rings. The average molecular weight is 360 g/mol. The van der Waals surface area contributed by atoms with Gasteiger partial charge in [-0.2, -0.15) is 0 Å². The monoisotopic (exact) mass is 360 g/mol. The molecule has 1 N–H and O–H groups in total. The van der Waals surface area contributed by atoms with Crippen LogP contribution in [-0.4, -0.2) is 55.4 Å². The maximum Gasteiger partial charge on any atom is 0.248 e. The highest BCUT2D eigenvalue weighted by molar-refractivity contribution is 5.91. The smallest absolute Gasteiger partial charge is 0.248 e. The van der Waals surface area contributed by atoms with Crippen LogP contribution >= 0.6 is 0 Å². The van der Waals surface area contributed by atoms with Gasteiger partial charge in [0.25, 0.3) is 0 Å². The second-order valence-electron chi connectivity index (χ2n) is 6.97. The van der Waals surface area contributed by atoms with E-state index in [1.807, 2.05) is 13.8 Å². The molecule has 0 spiro atoms. The minimum atomic E-state index is -0.679. The van der Waals surface area contributed by atoms with Crippen LogP contribution in [0.4, 0.5) is 0 Å². The van der Waals surface area contributed by atoms with Gasteiger partial charge in [-0.3, -0.25) is 9.59 Å². The number of carbonyl (C=O) groups excluding carboxylic acids is 2. The minimum Gasteiger partial charge on any atom is -0.463 e. The van der Waals surface area contributed by atoms with Crippen molar-refractivity contribution in [1.29, 1.82) is 0 Å². The van der Waals surface area contributed by atoms with Crippen LogP contribution in [0.3, 0.4) is 0 Å².